The average molecular weight is 464 g/mol. The Balaban J connectivity index is 1.36. The number of carbonyl (C=O) groups is 2. The van der Waals surface area contributed by atoms with Gasteiger partial charge in [-0.1, -0.05) is 54.6 Å². The molecule has 0 unspecified atom stereocenters. The molecule has 35 heavy (non-hydrogen) atoms. The second-order valence-electron chi connectivity index (χ2n) is 8.15. The summed E-state index contributed by atoms with van der Waals surface area (Å²) in [5.41, 5.74) is 4.85. The molecule has 4 aromatic rings. The number of hydrazine groups is 1. The first-order valence-corrected chi connectivity index (χ1v) is 11.1. The fraction of sp³-hybridized carbons (Fsp3) is 0.0714. The van der Waals surface area contributed by atoms with Gasteiger partial charge in [0.05, 0.1) is 5.69 Å². The third-order valence-corrected chi connectivity index (χ3v) is 5.96. The van der Waals surface area contributed by atoms with Gasteiger partial charge < -0.3 is 14.2 Å². The molecule has 6 rings (SSSR count). The van der Waals surface area contributed by atoms with Crippen LogP contribution in [0.2, 0.25) is 0 Å². The van der Waals surface area contributed by atoms with Crippen LogP contribution in [0.5, 0.6) is 17.2 Å². The first kappa shape index (κ1) is 20.8. The smallest absolute Gasteiger partial charge is 0.282 e. The van der Waals surface area contributed by atoms with Crippen LogP contribution >= 0.6 is 0 Å². The lowest BCUT2D eigenvalue weighted by Crippen LogP contribution is -2.35. The number of hydrogen-bond donors (Lipinski definition) is 1. The molecule has 1 fully saturated rings. The van der Waals surface area contributed by atoms with Crippen LogP contribution in [-0.4, -0.2) is 18.6 Å². The lowest BCUT2D eigenvalue weighted by atomic mass is 10.0. The Morgan fingerprint density at radius 1 is 0.886 bits per heavy atom. The van der Waals surface area contributed by atoms with Crippen molar-refractivity contribution < 1.29 is 23.8 Å². The third kappa shape index (κ3) is 3.83. The zero-order chi connectivity index (χ0) is 23.8. The molecule has 0 aromatic heterocycles. The number of carbonyl (C=O) groups excluding carboxylic acids is 2. The van der Waals surface area contributed by atoms with E-state index in [1.54, 1.807) is 18.2 Å². The van der Waals surface area contributed by atoms with Crippen molar-refractivity contribution in [3.8, 4) is 17.2 Å². The van der Waals surface area contributed by atoms with Crippen LogP contribution in [0.15, 0.2) is 90.5 Å². The molecule has 4 aromatic carbocycles. The summed E-state index contributed by atoms with van der Waals surface area (Å²) in [6.07, 6.45) is 1.61. The van der Waals surface area contributed by atoms with Gasteiger partial charge in [-0.15, -0.1) is 0 Å². The zero-order valence-electron chi connectivity index (χ0n) is 18.6. The SMILES string of the molecule is O=C1NN(c2ccccc2)C(=O)C1=Cc1c(OCc2ccc3c(c2)OCO3)ccc2ccccc12. The van der Waals surface area contributed by atoms with Gasteiger partial charge in [0.2, 0.25) is 6.79 Å². The number of benzene rings is 4. The van der Waals surface area contributed by atoms with Gasteiger partial charge in [-0.25, -0.2) is 5.01 Å². The van der Waals surface area contributed by atoms with E-state index in [-0.39, 0.29) is 19.0 Å². The second kappa shape index (κ2) is 8.53. The van der Waals surface area contributed by atoms with Crippen molar-refractivity contribution in [2.45, 2.75) is 6.61 Å². The number of hydrogen-bond acceptors (Lipinski definition) is 5. The molecular weight excluding hydrogens is 444 g/mol. The standard InChI is InChI=1S/C28H20N2O5/c31-27-23(28(32)30(29-27)20-7-2-1-3-8-20)15-22-21-9-5-4-6-19(21)11-13-24(22)33-16-18-10-12-25-26(14-18)35-17-34-25/h1-15H,16-17H2,(H,29,31). The van der Waals surface area contributed by atoms with Gasteiger partial charge in [0, 0.05) is 5.56 Å². The summed E-state index contributed by atoms with van der Waals surface area (Å²) in [5, 5.41) is 3.11. The predicted molar refractivity (Wildman–Crippen MR) is 131 cm³/mol. The lowest BCUT2D eigenvalue weighted by Gasteiger charge is -2.14. The summed E-state index contributed by atoms with van der Waals surface area (Å²) in [6.45, 7) is 0.486. The summed E-state index contributed by atoms with van der Waals surface area (Å²) in [7, 11) is 0. The van der Waals surface area contributed by atoms with Crippen molar-refractivity contribution in [2.75, 3.05) is 11.8 Å². The van der Waals surface area contributed by atoms with Gasteiger partial charge in [-0.05, 0) is 52.7 Å². The molecule has 1 saturated heterocycles. The van der Waals surface area contributed by atoms with E-state index < -0.39 is 11.8 Å². The van der Waals surface area contributed by atoms with Crippen LogP contribution in [0.25, 0.3) is 16.8 Å². The molecule has 7 heteroatoms. The number of rotatable bonds is 5. The molecule has 2 amide bonds. The minimum atomic E-state index is -0.464. The van der Waals surface area contributed by atoms with Crippen LogP contribution in [-0.2, 0) is 16.2 Å². The highest BCUT2D eigenvalue weighted by atomic mass is 16.7. The first-order valence-electron chi connectivity index (χ1n) is 11.1. The molecule has 172 valence electrons. The summed E-state index contributed by atoms with van der Waals surface area (Å²) in [4.78, 5) is 26.0. The maximum Gasteiger partial charge on any atom is 0.282 e. The van der Waals surface area contributed by atoms with Gasteiger partial charge >= 0.3 is 0 Å². The number of amides is 2. The third-order valence-electron chi connectivity index (χ3n) is 5.96. The van der Waals surface area contributed by atoms with Crippen LogP contribution < -0.4 is 24.6 Å². The van der Waals surface area contributed by atoms with E-state index in [2.05, 4.69) is 5.43 Å². The number of nitrogens with zero attached hydrogens (tertiary/aromatic N) is 1. The summed E-state index contributed by atoms with van der Waals surface area (Å²) >= 11 is 0. The molecule has 2 aliphatic heterocycles. The zero-order valence-corrected chi connectivity index (χ0v) is 18.6. The number of para-hydroxylation sites is 1. The van der Waals surface area contributed by atoms with Gasteiger partial charge in [-0.2, -0.15) is 0 Å². The average Bonchev–Trinajstić information content (AvgIpc) is 3.48. The van der Waals surface area contributed by atoms with Gasteiger partial charge in [0.15, 0.2) is 11.5 Å². The first-order chi connectivity index (χ1) is 17.2. The molecule has 7 nitrogen and oxygen atoms in total. The number of fused-ring (bicyclic) bond motifs is 2. The Kier molecular flexibility index (Phi) is 5.07. The minimum Gasteiger partial charge on any atom is -0.488 e. The molecule has 0 bridgehead atoms. The highest BCUT2D eigenvalue weighted by Crippen LogP contribution is 2.35. The predicted octanol–water partition coefficient (Wildman–Crippen LogP) is 4.61. The van der Waals surface area contributed by atoms with E-state index in [0.717, 1.165) is 16.3 Å². The molecular formula is C28H20N2O5. The van der Waals surface area contributed by atoms with E-state index >= 15 is 0 Å². The monoisotopic (exact) mass is 464 g/mol. The van der Waals surface area contributed by atoms with E-state index in [1.165, 1.54) is 5.01 Å². The number of ether oxygens (including phenoxy) is 3. The number of anilines is 1. The second-order valence-corrected chi connectivity index (χ2v) is 8.15. The molecule has 0 saturated carbocycles. The molecule has 0 spiro atoms. The minimum absolute atomic E-state index is 0.0399. The van der Waals surface area contributed by atoms with Gasteiger partial charge in [0.25, 0.3) is 11.8 Å². The topological polar surface area (TPSA) is 77.1 Å². The molecule has 0 aliphatic carbocycles. The highest BCUT2D eigenvalue weighted by molar-refractivity contribution is 6.32. The van der Waals surface area contributed by atoms with Crippen LogP contribution in [0.4, 0.5) is 5.69 Å². The maximum atomic E-state index is 13.2. The van der Waals surface area contributed by atoms with Crippen molar-refractivity contribution in [2.24, 2.45) is 0 Å². The van der Waals surface area contributed by atoms with Gasteiger partial charge in [0.1, 0.15) is 17.9 Å². The Bertz CT molecular complexity index is 1500. The van der Waals surface area contributed by atoms with Crippen LogP contribution in [0.3, 0.4) is 0 Å². The Labute approximate surface area is 201 Å². The van der Waals surface area contributed by atoms with Crippen LogP contribution in [0, 0.1) is 0 Å². The Hall–Kier alpha value is -4.78. The molecule has 2 aliphatic rings. The lowest BCUT2D eigenvalue weighted by molar-refractivity contribution is -0.117. The highest BCUT2D eigenvalue weighted by Gasteiger charge is 2.34. The molecule has 0 radical (unpaired) electrons. The summed E-state index contributed by atoms with van der Waals surface area (Å²) < 4.78 is 17.0. The van der Waals surface area contributed by atoms with E-state index in [0.29, 0.717) is 28.5 Å². The largest absolute Gasteiger partial charge is 0.488 e. The van der Waals surface area contributed by atoms with Crippen molar-refractivity contribution >= 4 is 34.4 Å². The fourth-order valence-electron chi connectivity index (χ4n) is 4.20. The Morgan fingerprint density at radius 2 is 1.69 bits per heavy atom. The fourth-order valence-corrected chi connectivity index (χ4v) is 4.20. The van der Waals surface area contributed by atoms with E-state index in [1.807, 2.05) is 72.8 Å². The molecule has 1 N–H and O–H groups in total. The Morgan fingerprint density at radius 3 is 2.57 bits per heavy atom. The molecule has 0 atom stereocenters. The van der Waals surface area contributed by atoms with Crippen molar-refractivity contribution in [3.05, 3.63) is 102 Å². The van der Waals surface area contributed by atoms with E-state index in [4.69, 9.17) is 14.2 Å². The summed E-state index contributed by atoms with van der Waals surface area (Å²) in [5.74, 6) is 1.07. The maximum absolute atomic E-state index is 13.2. The van der Waals surface area contributed by atoms with Gasteiger partial charge in [-0.3, -0.25) is 15.0 Å². The van der Waals surface area contributed by atoms with Crippen molar-refractivity contribution in [3.63, 3.8) is 0 Å². The normalized spacial score (nSPS) is 15.7. The quantitative estimate of drug-likeness (QED) is 0.345. The number of nitrogens with one attached hydrogen (secondary N) is 1. The summed E-state index contributed by atoms with van der Waals surface area (Å²) in [6, 6.07) is 26.2. The van der Waals surface area contributed by atoms with Crippen molar-refractivity contribution in [1.82, 2.24) is 5.43 Å². The van der Waals surface area contributed by atoms with E-state index in [9.17, 15) is 9.59 Å². The van der Waals surface area contributed by atoms with Crippen molar-refractivity contribution in [1.29, 1.82) is 0 Å². The molecule has 2 heterocycles. The van der Waals surface area contributed by atoms with Crippen LogP contribution in [0.1, 0.15) is 11.1 Å².